The molecule has 0 radical (unpaired) electrons. The van der Waals surface area contributed by atoms with Crippen LogP contribution < -0.4 is 5.32 Å². The highest BCUT2D eigenvalue weighted by Gasteiger charge is 2.27. The van der Waals surface area contributed by atoms with E-state index in [4.69, 9.17) is 0 Å². The van der Waals surface area contributed by atoms with Crippen LogP contribution >= 0.6 is 15.9 Å². The van der Waals surface area contributed by atoms with E-state index in [1.807, 2.05) is 0 Å². The van der Waals surface area contributed by atoms with Crippen molar-refractivity contribution in [2.45, 2.75) is 32.6 Å². The third-order valence-corrected chi connectivity index (χ3v) is 3.95. The molecule has 1 aromatic carbocycles. The van der Waals surface area contributed by atoms with Crippen LogP contribution in [-0.2, 0) is 5.41 Å². The lowest BCUT2D eigenvalue weighted by molar-refractivity contribution is 0.481. The molecule has 1 aliphatic heterocycles. The molecule has 0 bridgehead atoms. The Bertz CT molecular complexity index is 369. The van der Waals surface area contributed by atoms with Crippen molar-refractivity contribution in [3.05, 3.63) is 27.7 Å². The topological polar surface area (TPSA) is 12.0 Å². The molecule has 0 unspecified atom stereocenters. The number of aryl methyl sites for hydroxylation is 1. The summed E-state index contributed by atoms with van der Waals surface area (Å²) in [5, 5.41) is 3.47. The fourth-order valence-electron chi connectivity index (χ4n) is 2.03. The van der Waals surface area contributed by atoms with Crippen LogP contribution in [0.5, 0.6) is 0 Å². The first-order valence-corrected chi connectivity index (χ1v) is 5.84. The molecule has 1 N–H and O–H groups in total. The van der Waals surface area contributed by atoms with Crippen molar-refractivity contribution in [1.29, 1.82) is 0 Å². The second kappa shape index (κ2) is 3.27. The summed E-state index contributed by atoms with van der Waals surface area (Å²) < 4.78 is 1.22. The van der Waals surface area contributed by atoms with Crippen LogP contribution in [0.1, 0.15) is 31.4 Å². The van der Waals surface area contributed by atoms with Gasteiger partial charge in [0.1, 0.15) is 0 Å². The largest absolute Gasteiger partial charge is 0.385 e. The Labute approximate surface area is 94.0 Å². The van der Waals surface area contributed by atoms with E-state index in [2.05, 4.69) is 54.2 Å². The quantitative estimate of drug-likeness (QED) is 0.741. The molecule has 1 aromatic rings. The first kappa shape index (κ1) is 10.0. The smallest absolute Gasteiger partial charge is 0.0381 e. The molecule has 14 heavy (non-hydrogen) atoms. The van der Waals surface area contributed by atoms with Crippen molar-refractivity contribution < 1.29 is 0 Å². The van der Waals surface area contributed by atoms with Crippen molar-refractivity contribution in [3.63, 3.8) is 0 Å². The Hall–Kier alpha value is -0.500. The Morgan fingerprint density at radius 3 is 2.79 bits per heavy atom. The fourth-order valence-corrected chi connectivity index (χ4v) is 2.38. The summed E-state index contributed by atoms with van der Waals surface area (Å²) in [5.41, 5.74) is 4.34. The van der Waals surface area contributed by atoms with E-state index in [-0.39, 0.29) is 0 Å². The van der Waals surface area contributed by atoms with Crippen LogP contribution in [-0.4, -0.2) is 6.54 Å². The Morgan fingerprint density at radius 1 is 1.36 bits per heavy atom. The average molecular weight is 254 g/mol. The van der Waals surface area contributed by atoms with E-state index < -0.39 is 0 Å². The van der Waals surface area contributed by atoms with Gasteiger partial charge in [0.2, 0.25) is 0 Å². The number of hydrogen-bond donors (Lipinski definition) is 1. The monoisotopic (exact) mass is 253 g/mol. The number of hydrogen-bond acceptors (Lipinski definition) is 1. The lowest BCUT2D eigenvalue weighted by Gasteiger charge is -2.33. The summed E-state index contributed by atoms with van der Waals surface area (Å²) in [6.45, 7) is 7.84. The molecule has 1 heterocycles. The maximum Gasteiger partial charge on any atom is 0.0381 e. The van der Waals surface area contributed by atoms with Gasteiger partial charge in [-0.1, -0.05) is 29.8 Å². The molecule has 1 aliphatic rings. The number of halogens is 1. The molecule has 0 aromatic heterocycles. The molecular weight excluding hydrogens is 238 g/mol. The summed E-state index contributed by atoms with van der Waals surface area (Å²) in [5.74, 6) is 0. The van der Waals surface area contributed by atoms with E-state index in [0.29, 0.717) is 5.41 Å². The Morgan fingerprint density at radius 2 is 2.07 bits per heavy atom. The zero-order chi connectivity index (χ0) is 10.3. The first-order chi connectivity index (χ1) is 6.50. The summed E-state index contributed by atoms with van der Waals surface area (Å²) in [7, 11) is 0. The van der Waals surface area contributed by atoms with Gasteiger partial charge >= 0.3 is 0 Å². The van der Waals surface area contributed by atoms with Gasteiger partial charge in [0.25, 0.3) is 0 Å². The van der Waals surface area contributed by atoms with Crippen LogP contribution in [0, 0.1) is 6.92 Å². The number of nitrogens with one attached hydrogen (secondary N) is 1. The molecule has 1 nitrogen and oxygen atoms in total. The molecule has 0 atom stereocenters. The van der Waals surface area contributed by atoms with Gasteiger partial charge in [0, 0.05) is 16.7 Å². The highest BCUT2D eigenvalue weighted by molar-refractivity contribution is 9.10. The lowest BCUT2D eigenvalue weighted by Crippen LogP contribution is -2.28. The molecule has 0 spiro atoms. The second-order valence-electron chi connectivity index (χ2n) is 4.71. The van der Waals surface area contributed by atoms with Gasteiger partial charge in [-0.3, -0.25) is 0 Å². The van der Waals surface area contributed by atoms with Gasteiger partial charge in [-0.05, 0) is 42.0 Å². The highest BCUT2D eigenvalue weighted by Crippen LogP contribution is 2.39. The standard InChI is InChI=1S/C12H16BrN/c1-8-6-11-9(7-10(8)13)12(2,3)4-5-14-11/h6-7,14H,4-5H2,1-3H3. The van der Waals surface area contributed by atoms with Crippen LogP contribution in [0.2, 0.25) is 0 Å². The number of anilines is 1. The molecule has 0 fully saturated rings. The number of fused-ring (bicyclic) bond motifs is 1. The summed E-state index contributed by atoms with van der Waals surface area (Å²) >= 11 is 3.60. The van der Waals surface area contributed by atoms with Crippen LogP contribution in [0.15, 0.2) is 16.6 Å². The lowest BCUT2D eigenvalue weighted by atomic mass is 9.78. The van der Waals surface area contributed by atoms with E-state index in [1.54, 1.807) is 0 Å². The second-order valence-corrected chi connectivity index (χ2v) is 5.56. The van der Waals surface area contributed by atoms with Crippen molar-refractivity contribution in [3.8, 4) is 0 Å². The number of rotatable bonds is 0. The van der Waals surface area contributed by atoms with E-state index in [1.165, 1.54) is 27.7 Å². The normalized spacial score (nSPS) is 18.6. The Kier molecular flexibility index (Phi) is 2.34. The van der Waals surface area contributed by atoms with Crippen LogP contribution in [0.4, 0.5) is 5.69 Å². The van der Waals surface area contributed by atoms with Gasteiger partial charge in [-0.15, -0.1) is 0 Å². The minimum atomic E-state index is 0.302. The molecule has 0 saturated heterocycles. The average Bonchev–Trinajstić information content (AvgIpc) is 2.08. The van der Waals surface area contributed by atoms with Gasteiger partial charge in [0.05, 0.1) is 0 Å². The van der Waals surface area contributed by atoms with Crippen molar-refractivity contribution in [1.82, 2.24) is 0 Å². The zero-order valence-corrected chi connectivity index (χ0v) is 10.5. The highest BCUT2D eigenvalue weighted by atomic mass is 79.9. The molecule has 0 aliphatic carbocycles. The minimum absolute atomic E-state index is 0.302. The first-order valence-electron chi connectivity index (χ1n) is 5.05. The van der Waals surface area contributed by atoms with Crippen molar-refractivity contribution in [2.75, 3.05) is 11.9 Å². The third-order valence-electron chi connectivity index (χ3n) is 3.09. The summed E-state index contributed by atoms with van der Waals surface area (Å²) in [6.07, 6.45) is 1.20. The van der Waals surface area contributed by atoms with Crippen LogP contribution in [0.3, 0.4) is 0 Å². The fraction of sp³-hybridized carbons (Fsp3) is 0.500. The van der Waals surface area contributed by atoms with Crippen LogP contribution in [0.25, 0.3) is 0 Å². The molecule has 2 heteroatoms. The summed E-state index contributed by atoms with van der Waals surface area (Å²) in [4.78, 5) is 0. The molecule has 0 amide bonds. The predicted octanol–water partition coefficient (Wildman–Crippen LogP) is 3.85. The van der Waals surface area contributed by atoms with Gasteiger partial charge in [0.15, 0.2) is 0 Å². The maximum atomic E-state index is 3.60. The summed E-state index contributed by atoms with van der Waals surface area (Å²) in [6, 6.07) is 4.50. The Balaban J connectivity index is 2.59. The number of benzene rings is 1. The molecular formula is C12H16BrN. The zero-order valence-electron chi connectivity index (χ0n) is 8.95. The van der Waals surface area contributed by atoms with Crippen molar-refractivity contribution in [2.24, 2.45) is 0 Å². The minimum Gasteiger partial charge on any atom is -0.385 e. The van der Waals surface area contributed by atoms with E-state index >= 15 is 0 Å². The third kappa shape index (κ3) is 1.56. The SMILES string of the molecule is Cc1cc2c(cc1Br)C(C)(C)CCN2. The predicted molar refractivity (Wildman–Crippen MR) is 65.0 cm³/mol. The van der Waals surface area contributed by atoms with E-state index in [0.717, 1.165) is 6.54 Å². The van der Waals surface area contributed by atoms with Crippen molar-refractivity contribution >= 4 is 21.6 Å². The van der Waals surface area contributed by atoms with E-state index in [9.17, 15) is 0 Å². The van der Waals surface area contributed by atoms with Gasteiger partial charge < -0.3 is 5.32 Å². The maximum absolute atomic E-state index is 3.60. The van der Waals surface area contributed by atoms with Gasteiger partial charge in [-0.25, -0.2) is 0 Å². The van der Waals surface area contributed by atoms with Gasteiger partial charge in [-0.2, -0.15) is 0 Å². The molecule has 76 valence electrons. The molecule has 2 rings (SSSR count). The molecule has 0 saturated carbocycles.